The van der Waals surface area contributed by atoms with E-state index < -0.39 is 11.9 Å². The van der Waals surface area contributed by atoms with Gasteiger partial charge in [0.2, 0.25) is 5.95 Å². The minimum atomic E-state index is -1.22. The quantitative estimate of drug-likeness (QED) is 0.659. The van der Waals surface area contributed by atoms with Crippen LogP contribution in [0.25, 0.3) is 0 Å². The molecule has 0 radical (unpaired) electrons. The van der Waals surface area contributed by atoms with Crippen LogP contribution in [0, 0.1) is 5.95 Å². The third kappa shape index (κ3) is 2.51. The standard InChI is InChI=1S/C6H4FNO2.ClH/c7-5-3-1-2-4(8-5)6(9)10;/h1-3H,(H,9,10);1H. The van der Waals surface area contributed by atoms with Crippen LogP contribution in [0.5, 0.6) is 0 Å². The van der Waals surface area contributed by atoms with Gasteiger partial charge in [-0.2, -0.15) is 4.39 Å². The third-order valence-electron chi connectivity index (χ3n) is 0.934. The highest BCUT2D eigenvalue weighted by atomic mass is 35.5. The van der Waals surface area contributed by atoms with E-state index >= 15 is 0 Å². The van der Waals surface area contributed by atoms with Crippen LogP contribution in [0.2, 0.25) is 0 Å². The smallest absolute Gasteiger partial charge is 0.354 e. The van der Waals surface area contributed by atoms with Crippen LogP contribution in [0.15, 0.2) is 18.2 Å². The molecule has 1 aromatic rings. The average Bonchev–Trinajstić information content (AvgIpc) is 1.88. The van der Waals surface area contributed by atoms with Gasteiger partial charge in [0.1, 0.15) is 0 Å². The van der Waals surface area contributed by atoms with Crippen molar-refractivity contribution in [3.63, 3.8) is 0 Å². The molecule has 0 aliphatic rings. The molecule has 0 aliphatic heterocycles. The highest BCUT2D eigenvalue weighted by Crippen LogP contribution is 1.96. The molecule has 0 aromatic carbocycles. The topological polar surface area (TPSA) is 50.2 Å². The van der Waals surface area contributed by atoms with E-state index in [2.05, 4.69) is 4.98 Å². The molecule has 0 saturated carbocycles. The van der Waals surface area contributed by atoms with Gasteiger partial charge in [-0.15, -0.1) is 12.4 Å². The minimum Gasteiger partial charge on any atom is -0.477 e. The molecule has 0 aliphatic carbocycles. The molecule has 3 nitrogen and oxygen atoms in total. The van der Waals surface area contributed by atoms with Crippen molar-refractivity contribution in [3.05, 3.63) is 29.8 Å². The van der Waals surface area contributed by atoms with Crippen LogP contribution >= 0.6 is 12.4 Å². The highest BCUT2D eigenvalue weighted by molar-refractivity contribution is 5.85. The van der Waals surface area contributed by atoms with E-state index in [-0.39, 0.29) is 18.1 Å². The number of halogens is 2. The lowest BCUT2D eigenvalue weighted by Gasteiger charge is -1.90. The van der Waals surface area contributed by atoms with Crippen molar-refractivity contribution < 1.29 is 14.3 Å². The molecular formula is C6H5ClFNO2. The first-order chi connectivity index (χ1) is 4.70. The third-order valence-corrected chi connectivity index (χ3v) is 0.934. The summed E-state index contributed by atoms with van der Waals surface area (Å²) in [6, 6.07) is 3.61. The second-order valence-corrected chi connectivity index (χ2v) is 1.65. The summed E-state index contributed by atoms with van der Waals surface area (Å²) in [5.41, 5.74) is -0.278. The van der Waals surface area contributed by atoms with E-state index in [0.717, 1.165) is 6.07 Å². The fourth-order valence-electron chi connectivity index (χ4n) is 0.527. The van der Waals surface area contributed by atoms with E-state index in [9.17, 15) is 9.18 Å². The summed E-state index contributed by atoms with van der Waals surface area (Å²) in [6.45, 7) is 0. The van der Waals surface area contributed by atoms with Crippen molar-refractivity contribution in [2.75, 3.05) is 0 Å². The Morgan fingerprint density at radius 1 is 1.55 bits per heavy atom. The molecule has 11 heavy (non-hydrogen) atoms. The van der Waals surface area contributed by atoms with Crippen LogP contribution < -0.4 is 0 Å². The Bertz CT molecular complexity index is 267. The second-order valence-electron chi connectivity index (χ2n) is 1.65. The molecule has 1 N–H and O–H groups in total. The summed E-state index contributed by atoms with van der Waals surface area (Å²) in [7, 11) is 0. The van der Waals surface area contributed by atoms with Gasteiger partial charge in [0, 0.05) is 0 Å². The molecule has 1 rings (SSSR count). The summed E-state index contributed by atoms with van der Waals surface area (Å²) >= 11 is 0. The maximum absolute atomic E-state index is 12.2. The fraction of sp³-hybridized carbons (Fsp3) is 0. The Hall–Kier alpha value is -1.16. The number of carboxylic acids is 1. The summed E-state index contributed by atoms with van der Waals surface area (Å²) in [5, 5.41) is 8.28. The van der Waals surface area contributed by atoms with Crippen molar-refractivity contribution in [3.8, 4) is 0 Å². The van der Waals surface area contributed by atoms with Gasteiger partial charge in [0.05, 0.1) is 0 Å². The Kier molecular flexibility index (Phi) is 3.47. The molecule has 0 spiro atoms. The van der Waals surface area contributed by atoms with Gasteiger partial charge >= 0.3 is 5.97 Å². The first-order valence-corrected chi connectivity index (χ1v) is 2.56. The van der Waals surface area contributed by atoms with Gasteiger partial charge < -0.3 is 5.11 Å². The summed E-state index contributed by atoms with van der Waals surface area (Å²) in [6.07, 6.45) is 0. The fourth-order valence-corrected chi connectivity index (χ4v) is 0.527. The zero-order valence-electron chi connectivity index (χ0n) is 5.32. The molecule has 0 bridgehead atoms. The normalized spacial score (nSPS) is 8.45. The molecule has 0 atom stereocenters. The maximum Gasteiger partial charge on any atom is 0.354 e. The number of hydrogen-bond donors (Lipinski definition) is 1. The van der Waals surface area contributed by atoms with E-state index in [1.807, 2.05) is 0 Å². The molecule has 1 heterocycles. The number of hydrogen-bond acceptors (Lipinski definition) is 2. The van der Waals surface area contributed by atoms with Crippen LogP contribution in [0.3, 0.4) is 0 Å². The zero-order valence-corrected chi connectivity index (χ0v) is 6.14. The molecule has 60 valence electrons. The number of carboxylic acid groups (broad SMARTS) is 1. The van der Waals surface area contributed by atoms with E-state index in [0.29, 0.717) is 0 Å². The highest BCUT2D eigenvalue weighted by Gasteiger charge is 2.03. The lowest BCUT2D eigenvalue weighted by Crippen LogP contribution is -2.00. The monoisotopic (exact) mass is 177 g/mol. The van der Waals surface area contributed by atoms with Gasteiger partial charge in [0.15, 0.2) is 5.69 Å². The van der Waals surface area contributed by atoms with Crippen LogP contribution in [-0.2, 0) is 0 Å². The maximum atomic E-state index is 12.2. The van der Waals surface area contributed by atoms with Crippen molar-refractivity contribution in [1.82, 2.24) is 4.98 Å². The Balaban J connectivity index is 0.000001000. The lowest BCUT2D eigenvalue weighted by atomic mass is 10.3. The summed E-state index contributed by atoms with van der Waals surface area (Å²) < 4.78 is 12.2. The van der Waals surface area contributed by atoms with Crippen molar-refractivity contribution >= 4 is 18.4 Å². The number of aromatic carboxylic acids is 1. The number of pyridine rings is 1. The molecule has 0 saturated heterocycles. The van der Waals surface area contributed by atoms with Gasteiger partial charge in [-0.3, -0.25) is 0 Å². The zero-order chi connectivity index (χ0) is 7.56. The minimum absolute atomic E-state index is 0. The Labute approximate surface area is 68.3 Å². The Morgan fingerprint density at radius 2 is 2.18 bits per heavy atom. The number of carbonyl (C=O) groups is 1. The van der Waals surface area contributed by atoms with Crippen molar-refractivity contribution in [2.24, 2.45) is 0 Å². The number of nitrogens with zero attached hydrogens (tertiary/aromatic N) is 1. The molecule has 1 aromatic heterocycles. The molecule has 0 amide bonds. The van der Waals surface area contributed by atoms with Crippen LogP contribution in [0.4, 0.5) is 4.39 Å². The largest absolute Gasteiger partial charge is 0.477 e. The first kappa shape index (κ1) is 9.84. The second kappa shape index (κ2) is 3.88. The van der Waals surface area contributed by atoms with E-state index in [4.69, 9.17) is 5.11 Å². The number of aromatic nitrogens is 1. The van der Waals surface area contributed by atoms with Gasteiger partial charge in [-0.1, -0.05) is 6.07 Å². The van der Waals surface area contributed by atoms with E-state index in [1.54, 1.807) is 0 Å². The molecule has 0 unspecified atom stereocenters. The molecular weight excluding hydrogens is 173 g/mol. The lowest BCUT2D eigenvalue weighted by molar-refractivity contribution is 0.0689. The van der Waals surface area contributed by atoms with Gasteiger partial charge in [0.25, 0.3) is 0 Å². The summed E-state index contributed by atoms with van der Waals surface area (Å²) in [4.78, 5) is 13.2. The van der Waals surface area contributed by atoms with Crippen LogP contribution in [0.1, 0.15) is 10.5 Å². The SMILES string of the molecule is Cl.O=C(O)c1cccc(F)n1. The van der Waals surface area contributed by atoms with Crippen molar-refractivity contribution in [1.29, 1.82) is 0 Å². The predicted octanol–water partition coefficient (Wildman–Crippen LogP) is 1.34. The van der Waals surface area contributed by atoms with E-state index in [1.165, 1.54) is 12.1 Å². The van der Waals surface area contributed by atoms with Gasteiger partial charge in [-0.25, -0.2) is 9.78 Å². The van der Waals surface area contributed by atoms with Gasteiger partial charge in [-0.05, 0) is 12.1 Å². The first-order valence-electron chi connectivity index (χ1n) is 2.56. The Morgan fingerprint density at radius 3 is 2.55 bits per heavy atom. The van der Waals surface area contributed by atoms with Crippen LogP contribution in [-0.4, -0.2) is 16.1 Å². The number of rotatable bonds is 1. The van der Waals surface area contributed by atoms with Crippen molar-refractivity contribution in [2.45, 2.75) is 0 Å². The average molecular weight is 178 g/mol. The predicted molar refractivity (Wildman–Crippen MR) is 38.4 cm³/mol. The molecule has 5 heteroatoms. The summed E-state index contributed by atoms with van der Waals surface area (Å²) in [5.74, 6) is -2.00. The molecule has 0 fully saturated rings.